The average Bonchev–Trinajstić information content (AvgIpc) is 2.73. The molecule has 1 heterocycles. The Morgan fingerprint density at radius 1 is 1.11 bits per heavy atom. The molecular weight excluding hydrogens is 382 g/mol. The Kier molecular flexibility index (Phi) is 6.66. The number of sulfonamides is 1. The van der Waals surface area contributed by atoms with Gasteiger partial charge < -0.3 is 14.2 Å². The highest BCUT2D eigenvalue weighted by Crippen LogP contribution is 2.19. The van der Waals surface area contributed by atoms with Gasteiger partial charge >= 0.3 is 5.97 Å². The minimum atomic E-state index is -3.59. The summed E-state index contributed by atoms with van der Waals surface area (Å²) in [7, 11) is -3.59. The third kappa shape index (κ3) is 4.89. The summed E-state index contributed by atoms with van der Waals surface area (Å²) in [5.74, 6) is 0.199. The van der Waals surface area contributed by atoms with Crippen LogP contribution in [0.5, 0.6) is 5.75 Å². The lowest BCUT2D eigenvalue weighted by Crippen LogP contribution is -2.40. The van der Waals surface area contributed by atoms with E-state index in [2.05, 4.69) is 0 Å². The van der Waals surface area contributed by atoms with Gasteiger partial charge in [0, 0.05) is 13.1 Å². The molecule has 0 amide bonds. The van der Waals surface area contributed by atoms with E-state index in [4.69, 9.17) is 14.2 Å². The van der Waals surface area contributed by atoms with E-state index in [1.807, 2.05) is 6.92 Å². The topological polar surface area (TPSA) is 82.1 Å². The molecule has 0 radical (unpaired) electrons. The number of hydrogen-bond acceptors (Lipinski definition) is 6. The molecule has 7 nitrogen and oxygen atoms in total. The fraction of sp³-hybridized carbons (Fsp3) is 0.350. The number of nitrogens with zero attached hydrogens (tertiary/aromatic N) is 1. The molecule has 0 spiro atoms. The predicted octanol–water partition coefficient (Wildman–Crippen LogP) is 2.46. The first-order valence-electron chi connectivity index (χ1n) is 9.07. The molecule has 0 unspecified atom stereocenters. The first kappa shape index (κ1) is 20.3. The van der Waals surface area contributed by atoms with Crippen LogP contribution in [0, 0.1) is 0 Å². The van der Waals surface area contributed by atoms with Crippen molar-refractivity contribution in [3.8, 4) is 5.75 Å². The fourth-order valence-corrected chi connectivity index (χ4v) is 4.30. The van der Waals surface area contributed by atoms with Gasteiger partial charge in [0.15, 0.2) is 0 Å². The van der Waals surface area contributed by atoms with Gasteiger partial charge in [0.25, 0.3) is 0 Å². The van der Waals surface area contributed by atoms with Crippen LogP contribution in [0.3, 0.4) is 0 Å². The first-order chi connectivity index (χ1) is 13.5. The summed E-state index contributed by atoms with van der Waals surface area (Å²) in [6.07, 6.45) is 0. The van der Waals surface area contributed by atoms with E-state index in [-0.39, 0.29) is 11.5 Å². The van der Waals surface area contributed by atoms with Gasteiger partial charge in [-0.05, 0) is 48.9 Å². The van der Waals surface area contributed by atoms with Crippen LogP contribution in [0.2, 0.25) is 0 Å². The van der Waals surface area contributed by atoms with Crippen molar-refractivity contribution in [2.24, 2.45) is 0 Å². The monoisotopic (exact) mass is 405 g/mol. The summed E-state index contributed by atoms with van der Waals surface area (Å²) >= 11 is 0. The van der Waals surface area contributed by atoms with Crippen molar-refractivity contribution in [2.75, 3.05) is 32.9 Å². The molecule has 0 bridgehead atoms. The van der Waals surface area contributed by atoms with Crippen LogP contribution in [-0.4, -0.2) is 51.6 Å². The lowest BCUT2D eigenvalue weighted by molar-refractivity contribution is 0.0472. The Morgan fingerprint density at radius 2 is 1.82 bits per heavy atom. The summed E-state index contributed by atoms with van der Waals surface area (Å²) in [6, 6.07) is 13.1. The quantitative estimate of drug-likeness (QED) is 0.658. The van der Waals surface area contributed by atoms with Crippen molar-refractivity contribution in [1.82, 2.24) is 4.31 Å². The zero-order chi connectivity index (χ0) is 20.0. The van der Waals surface area contributed by atoms with E-state index in [1.54, 1.807) is 42.5 Å². The maximum Gasteiger partial charge on any atom is 0.338 e. The third-order valence-electron chi connectivity index (χ3n) is 4.28. The van der Waals surface area contributed by atoms with Gasteiger partial charge in [-0.2, -0.15) is 4.31 Å². The van der Waals surface area contributed by atoms with Crippen molar-refractivity contribution >= 4 is 16.0 Å². The highest BCUT2D eigenvalue weighted by molar-refractivity contribution is 7.89. The van der Waals surface area contributed by atoms with E-state index in [9.17, 15) is 13.2 Å². The molecule has 1 aliphatic heterocycles. The van der Waals surface area contributed by atoms with E-state index in [0.29, 0.717) is 49.8 Å². The van der Waals surface area contributed by atoms with Gasteiger partial charge in [-0.25, -0.2) is 13.2 Å². The molecule has 150 valence electrons. The summed E-state index contributed by atoms with van der Waals surface area (Å²) < 4.78 is 42.7. The molecule has 8 heteroatoms. The largest absolute Gasteiger partial charge is 0.494 e. The maximum absolute atomic E-state index is 12.7. The number of carbonyl (C=O) groups excluding carboxylic acids is 1. The summed E-state index contributed by atoms with van der Waals surface area (Å²) in [4.78, 5) is 12.4. The Hall–Kier alpha value is -2.42. The van der Waals surface area contributed by atoms with Gasteiger partial charge in [-0.3, -0.25) is 0 Å². The number of carbonyl (C=O) groups is 1. The minimum Gasteiger partial charge on any atom is -0.494 e. The van der Waals surface area contributed by atoms with Crippen molar-refractivity contribution in [1.29, 1.82) is 0 Å². The Morgan fingerprint density at radius 3 is 2.50 bits per heavy atom. The predicted molar refractivity (Wildman–Crippen MR) is 103 cm³/mol. The maximum atomic E-state index is 12.7. The Bertz CT molecular complexity index is 905. The van der Waals surface area contributed by atoms with Crippen molar-refractivity contribution in [2.45, 2.75) is 18.4 Å². The summed E-state index contributed by atoms with van der Waals surface area (Å²) in [5, 5.41) is 0. The van der Waals surface area contributed by atoms with Crippen LogP contribution in [0.15, 0.2) is 53.4 Å². The van der Waals surface area contributed by atoms with Crippen LogP contribution >= 0.6 is 0 Å². The molecule has 1 saturated heterocycles. The molecule has 2 aromatic rings. The highest BCUT2D eigenvalue weighted by atomic mass is 32.2. The minimum absolute atomic E-state index is 0.0154. The van der Waals surface area contributed by atoms with Gasteiger partial charge in [0.1, 0.15) is 12.4 Å². The molecule has 3 rings (SSSR count). The average molecular weight is 405 g/mol. The molecular formula is C20H23NO6S. The first-order valence-corrected chi connectivity index (χ1v) is 10.5. The molecule has 28 heavy (non-hydrogen) atoms. The van der Waals surface area contributed by atoms with Gasteiger partial charge in [-0.1, -0.05) is 12.1 Å². The zero-order valence-electron chi connectivity index (χ0n) is 15.7. The molecule has 1 fully saturated rings. The third-order valence-corrected chi connectivity index (χ3v) is 6.17. The normalized spacial score (nSPS) is 15.2. The molecule has 0 N–H and O–H groups in total. The molecule has 2 aromatic carbocycles. The Balaban J connectivity index is 1.65. The van der Waals surface area contributed by atoms with Gasteiger partial charge in [0.2, 0.25) is 10.0 Å². The zero-order valence-corrected chi connectivity index (χ0v) is 16.5. The standard InChI is InChI=1S/C20H23NO6S/c1-2-26-18-8-6-17(7-9-18)20(22)27-15-16-4-3-5-19(14-16)28(23,24)21-10-12-25-13-11-21/h3-9,14H,2,10-13,15H2,1H3. The van der Waals surface area contributed by atoms with Crippen LogP contribution in [0.25, 0.3) is 0 Å². The molecule has 0 aliphatic carbocycles. The van der Waals surface area contributed by atoms with Crippen LogP contribution in [0.1, 0.15) is 22.8 Å². The van der Waals surface area contributed by atoms with E-state index in [0.717, 1.165) is 0 Å². The van der Waals surface area contributed by atoms with E-state index >= 15 is 0 Å². The fourth-order valence-electron chi connectivity index (χ4n) is 2.82. The van der Waals surface area contributed by atoms with E-state index < -0.39 is 16.0 Å². The SMILES string of the molecule is CCOc1ccc(C(=O)OCc2cccc(S(=O)(=O)N3CCOCC3)c2)cc1. The van der Waals surface area contributed by atoms with Gasteiger partial charge in [-0.15, -0.1) is 0 Å². The molecule has 1 aliphatic rings. The highest BCUT2D eigenvalue weighted by Gasteiger charge is 2.26. The number of hydrogen-bond donors (Lipinski definition) is 0. The molecule has 0 atom stereocenters. The second-order valence-electron chi connectivity index (χ2n) is 6.20. The number of rotatable bonds is 7. The van der Waals surface area contributed by atoms with Crippen LogP contribution < -0.4 is 4.74 Å². The van der Waals surface area contributed by atoms with Crippen LogP contribution in [0.4, 0.5) is 0 Å². The van der Waals surface area contributed by atoms with Gasteiger partial charge in [0.05, 0.1) is 30.3 Å². The Labute approximate surface area is 164 Å². The van der Waals surface area contributed by atoms with Crippen molar-refractivity contribution in [3.63, 3.8) is 0 Å². The van der Waals surface area contributed by atoms with Crippen molar-refractivity contribution < 1.29 is 27.4 Å². The lowest BCUT2D eigenvalue weighted by atomic mass is 10.2. The second-order valence-corrected chi connectivity index (χ2v) is 8.14. The smallest absolute Gasteiger partial charge is 0.338 e. The number of benzene rings is 2. The van der Waals surface area contributed by atoms with Crippen molar-refractivity contribution in [3.05, 3.63) is 59.7 Å². The molecule has 0 saturated carbocycles. The lowest BCUT2D eigenvalue weighted by Gasteiger charge is -2.26. The summed E-state index contributed by atoms with van der Waals surface area (Å²) in [6.45, 7) is 3.86. The molecule has 0 aromatic heterocycles. The second kappa shape index (κ2) is 9.18. The number of ether oxygens (including phenoxy) is 3. The summed E-state index contributed by atoms with van der Waals surface area (Å²) in [5.41, 5.74) is 1.01. The number of morpholine rings is 1. The van der Waals surface area contributed by atoms with Crippen LogP contribution in [-0.2, 0) is 26.1 Å². The number of esters is 1. The van der Waals surface area contributed by atoms with E-state index in [1.165, 1.54) is 10.4 Å².